The van der Waals surface area contributed by atoms with Gasteiger partial charge in [-0.3, -0.25) is 0 Å². The van der Waals surface area contributed by atoms with Crippen molar-refractivity contribution in [2.75, 3.05) is 0 Å². The highest BCUT2D eigenvalue weighted by molar-refractivity contribution is 5.86. The molecular formula is C6H11NO2. The van der Waals surface area contributed by atoms with E-state index in [1.807, 2.05) is 6.92 Å². The quantitative estimate of drug-likeness (QED) is 0.540. The molecule has 0 aliphatic carbocycles. The molecule has 0 rings (SSSR count). The Bertz CT molecular complexity index is 149. The molecule has 0 aliphatic heterocycles. The van der Waals surface area contributed by atoms with Crippen LogP contribution in [-0.4, -0.2) is 11.1 Å². The van der Waals surface area contributed by atoms with E-state index in [-0.39, 0.29) is 5.70 Å². The molecule has 52 valence electrons. The number of nitrogens with two attached hydrogens (primary N) is 1. The lowest BCUT2D eigenvalue weighted by Gasteiger charge is -1.97. The van der Waals surface area contributed by atoms with E-state index in [0.717, 1.165) is 5.57 Å². The molecule has 0 fully saturated rings. The normalized spacial score (nSPS) is 12.7. The summed E-state index contributed by atoms with van der Waals surface area (Å²) in [5, 5.41) is 8.30. The molecule has 0 atom stereocenters. The van der Waals surface area contributed by atoms with Crippen molar-refractivity contribution in [1.29, 1.82) is 0 Å². The van der Waals surface area contributed by atoms with Crippen LogP contribution in [0.2, 0.25) is 0 Å². The van der Waals surface area contributed by atoms with Crippen LogP contribution in [-0.2, 0) is 4.79 Å². The molecule has 0 bridgehead atoms. The highest BCUT2D eigenvalue weighted by Crippen LogP contribution is 2.01. The van der Waals surface area contributed by atoms with Gasteiger partial charge < -0.3 is 10.8 Å². The van der Waals surface area contributed by atoms with E-state index in [1.165, 1.54) is 0 Å². The Morgan fingerprint density at radius 3 is 2.22 bits per heavy atom. The van der Waals surface area contributed by atoms with Gasteiger partial charge in [-0.15, -0.1) is 0 Å². The number of carbonyl (C=O) groups is 1. The van der Waals surface area contributed by atoms with Crippen molar-refractivity contribution in [3.63, 3.8) is 0 Å². The number of aliphatic carboxylic acids is 1. The summed E-state index contributed by atoms with van der Waals surface area (Å²) in [4.78, 5) is 10.1. The van der Waals surface area contributed by atoms with Gasteiger partial charge in [0.15, 0.2) is 0 Å². The molecule has 0 radical (unpaired) electrons. The van der Waals surface area contributed by atoms with Crippen molar-refractivity contribution in [1.82, 2.24) is 0 Å². The molecular weight excluding hydrogens is 118 g/mol. The Morgan fingerprint density at radius 1 is 1.67 bits per heavy atom. The smallest absolute Gasteiger partial charge is 0.351 e. The lowest BCUT2D eigenvalue weighted by atomic mass is 10.2. The lowest BCUT2D eigenvalue weighted by Crippen LogP contribution is -2.11. The number of carboxylic acid groups (broad SMARTS) is 1. The van der Waals surface area contributed by atoms with Gasteiger partial charge in [0.2, 0.25) is 0 Å². The summed E-state index contributed by atoms with van der Waals surface area (Å²) in [6, 6.07) is 0. The van der Waals surface area contributed by atoms with Crippen LogP contribution in [0.3, 0.4) is 0 Å². The maximum atomic E-state index is 10.1. The van der Waals surface area contributed by atoms with E-state index in [4.69, 9.17) is 10.8 Å². The second kappa shape index (κ2) is 3.12. The SMILES string of the molecule is CC/C(C)=C(\N)C(=O)O. The molecule has 0 aromatic carbocycles. The molecule has 3 N–H and O–H groups in total. The van der Waals surface area contributed by atoms with E-state index < -0.39 is 5.97 Å². The third-order valence-corrected chi connectivity index (χ3v) is 1.22. The van der Waals surface area contributed by atoms with Gasteiger partial charge in [-0.25, -0.2) is 4.79 Å². The van der Waals surface area contributed by atoms with Crippen LogP contribution in [0.5, 0.6) is 0 Å². The zero-order chi connectivity index (χ0) is 7.44. The fourth-order valence-corrected chi connectivity index (χ4v) is 0.373. The fourth-order valence-electron chi connectivity index (χ4n) is 0.373. The van der Waals surface area contributed by atoms with E-state index in [1.54, 1.807) is 6.92 Å². The molecule has 0 aromatic rings. The predicted molar refractivity (Wildman–Crippen MR) is 34.8 cm³/mol. The Kier molecular flexibility index (Phi) is 2.78. The second-order valence-corrected chi connectivity index (χ2v) is 1.85. The summed E-state index contributed by atoms with van der Waals surface area (Å²) in [7, 11) is 0. The van der Waals surface area contributed by atoms with E-state index >= 15 is 0 Å². The first-order valence-electron chi connectivity index (χ1n) is 2.78. The van der Waals surface area contributed by atoms with Crippen molar-refractivity contribution in [3.05, 3.63) is 11.3 Å². The molecule has 0 aromatic heterocycles. The average Bonchev–Trinajstić information content (AvgIpc) is 1.84. The minimum absolute atomic E-state index is 0.0301. The largest absolute Gasteiger partial charge is 0.477 e. The van der Waals surface area contributed by atoms with E-state index in [0.29, 0.717) is 6.42 Å². The topological polar surface area (TPSA) is 63.3 Å². The fraction of sp³-hybridized carbons (Fsp3) is 0.500. The Hall–Kier alpha value is -0.990. The van der Waals surface area contributed by atoms with Crippen LogP contribution in [0.25, 0.3) is 0 Å². The highest BCUT2D eigenvalue weighted by Gasteiger charge is 2.02. The van der Waals surface area contributed by atoms with Crippen LogP contribution >= 0.6 is 0 Å². The highest BCUT2D eigenvalue weighted by atomic mass is 16.4. The predicted octanol–water partition coefficient (Wildman–Crippen LogP) is 0.714. The van der Waals surface area contributed by atoms with Gasteiger partial charge in [0, 0.05) is 0 Å². The monoisotopic (exact) mass is 129 g/mol. The minimum Gasteiger partial charge on any atom is -0.477 e. The number of carboxylic acids is 1. The molecule has 0 aliphatic rings. The van der Waals surface area contributed by atoms with Crippen molar-refractivity contribution < 1.29 is 9.90 Å². The standard InChI is InChI=1S/C6H11NO2/c1-3-4(2)5(7)6(8)9/h3,7H2,1-2H3,(H,8,9)/b5-4-. The van der Waals surface area contributed by atoms with Gasteiger partial charge in [-0.2, -0.15) is 0 Å². The Balaban J connectivity index is 4.28. The minimum atomic E-state index is -1.03. The number of hydrogen-bond donors (Lipinski definition) is 2. The summed E-state index contributed by atoms with van der Waals surface area (Å²) in [6.07, 6.45) is 0.693. The first-order chi connectivity index (χ1) is 4.09. The van der Waals surface area contributed by atoms with Crippen LogP contribution in [0, 0.1) is 0 Å². The summed E-state index contributed by atoms with van der Waals surface area (Å²) in [5.74, 6) is -1.03. The van der Waals surface area contributed by atoms with Crippen LogP contribution in [0.15, 0.2) is 11.3 Å². The molecule has 0 unspecified atom stereocenters. The molecule has 0 saturated carbocycles. The van der Waals surface area contributed by atoms with Crippen LogP contribution in [0.1, 0.15) is 20.3 Å². The molecule has 9 heavy (non-hydrogen) atoms. The first-order valence-corrected chi connectivity index (χ1v) is 2.78. The number of hydrogen-bond acceptors (Lipinski definition) is 2. The maximum absolute atomic E-state index is 10.1. The summed E-state index contributed by atoms with van der Waals surface area (Å²) in [6.45, 7) is 3.58. The third-order valence-electron chi connectivity index (χ3n) is 1.22. The van der Waals surface area contributed by atoms with Crippen molar-refractivity contribution >= 4 is 5.97 Å². The van der Waals surface area contributed by atoms with Crippen molar-refractivity contribution in [3.8, 4) is 0 Å². The number of allylic oxidation sites excluding steroid dienone is 1. The van der Waals surface area contributed by atoms with Gasteiger partial charge in [-0.1, -0.05) is 6.92 Å². The Labute approximate surface area is 54.2 Å². The molecule has 3 heteroatoms. The van der Waals surface area contributed by atoms with Gasteiger partial charge in [-0.05, 0) is 18.9 Å². The maximum Gasteiger partial charge on any atom is 0.351 e. The molecule has 3 nitrogen and oxygen atoms in total. The van der Waals surface area contributed by atoms with E-state index in [2.05, 4.69) is 0 Å². The van der Waals surface area contributed by atoms with Gasteiger partial charge in [0.05, 0.1) is 0 Å². The Morgan fingerprint density at radius 2 is 2.11 bits per heavy atom. The number of rotatable bonds is 2. The average molecular weight is 129 g/mol. The molecule has 0 heterocycles. The summed E-state index contributed by atoms with van der Waals surface area (Å²) < 4.78 is 0. The third kappa shape index (κ3) is 2.17. The zero-order valence-electron chi connectivity index (χ0n) is 5.64. The molecule has 0 saturated heterocycles. The van der Waals surface area contributed by atoms with Gasteiger partial charge >= 0.3 is 5.97 Å². The molecule has 0 amide bonds. The summed E-state index contributed by atoms with van der Waals surface area (Å²) >= 11 is 0. The van der Waals surface area contributed by atoms with Gasteiger partial charge in [0.1, 0.15) is 5.70 Å². The lowest BCUT2D eigenvalue weighted by molar-refractivity contribution is -0.132. The summed E-state index contributed by atoms with van der Waals surface area (Å²) in [5.41, 5.74) is 5.85. The van der Waals surface area contributed by atoms with Gasteiger partial charge in [0.25, 0.3) is 0 Å². The van der Waals surface area contributed by atoms with Crippen LogP contribution in [0.4, 0.5) is 0 Å². The van der Waals surface area contributed by atoms with Crippen molar-refractivity contribution in [2.45, 2.75) is 20.3 Å². The van der Waals surface area contributed by atoms with Crippen molar-refractivity contribution in [2.24, 2.45) is 5.73 Å². The van der Waals surface area contributed by atoms with E-state index in [9.17, 15) is 4.79 Å². The first kappa shape index (κ1) is 8.01. The van der Waals surface area contributed by atoms with Crippen LogP contribution < -0.4 is 5.73 Å². The second-order valence-electron chi connectivity index (χ2n) is 1.85. The zero-order valence-corrected chi connectivity index (χ0v) is 5.64. The molecule has 0 spiro atoms.